The van der Waals surface area contributed by atoms with Gasteiger partial charge in [-0.2, -0.15) is 0 Å². The number of carbonyl (C=O) groups excluding carboxylic acids is 1. The summed E-state index contributed by atoms with van der Waals surface area (Å²) >= 11 is 0. The summed E-state index contributed by atoms with van der Waals surface area (Å²) in [5, 5.41) is 2.95. The Morgan fingerprint density at radius 1 is 1.25 bits per heavy atom. The van der Waals surface area contributed by atoms with E-state index < -0.39 is 21.3 Å². The molecule has 0 amide bonds. The lowest BCUT2D eigenvalue weighted by Gasteiger charge is -2.24. The van der Waals surface area contributed by atoms with Gasteiger partial charge in [0.25, 0.3) is 0 Å². The third-order valence-electron chi connectivity index (χ3n) is 2.37. The second-order valence-corrected chi connectivity index (χ2v) is 7.32. The maximum atomic E-state index is 12.0. The summed E-state index contributed by atoms with van der Waals surface area (Å²) in [6.07, 6.45) is 0. The van der Waals surface area contributed by atoms with E-state index in [1.807, 2.05) is 6.92 Å². The summed E-state index contributed by atoms with van der Waals surface area (Å²) in [5.41, 5.74) is -0.518. The molecular formula is C11H23NO3S. The van der Waals surface area contributed by atoms with E-state index >= 15 is 0 Å². The fourth-order valence-electron chi connectivity index (χ4n) is 1.37. The first-order chi connectivity index (χ1) is 7.14. The highest BCUT2D eigenvalue weighted by Crippen LogP contribution is 2.17. The number of ketones is 1. The molecule has 0 fully saturated rings. The maximum Gasteiger partial charge on any atom is 0.156 e. The number of Topliss-reactive ketones (excluding diaryl/α,β-unsaturated/α-hetero) is 1. The van der Waals surface area contributed by atoms with Crippen LogP contribution in [0.15, 0.2) is 0 Å². The molecule has 1 atom stereocenters. The number of carbonyl (C=O) groups is 1. The molecule has 0 saturated carbocycles. The molecule has 0 saturated heterocycles. The van der Waals surface area contributed by atoms with Gasteiger partial charge in [-0.3, -0.25) is 4.79 Å². The Hall–Kier alpha value is -0.420. The molecule has 0 heterocycles. The van der Waals surface area contributed by atoms with Crippen molar-refractivity contribution in [3.05, 3.63) is 0 Å². The minimum Gasteiger partial charge on any atom is -0.307 e. The van der Waals surface area contributed by atoms with Crippen LogP contribution >= 0.6 is 0 Å². The molecule has 0 radical (unpaired) electrons. The maximum absolute atomic E-state index is 12.0. The average Bonchev–Trinajstić information content (AvgIpc) is 2.14. The molecule has 1 unspecified atom stereocenters. The zero-order chi connectivity index (χ0) is 13.0. The van der Waals surface area contributed by atoms with Gasteiger partial charge in [0.2, 0.25) is 0 Å². The standard InChI is InChI=1S/C11H23NO3S/c1-6-12-9(8-16(14,15)7-2)10(13)11(3,4)5/h9,12H,6-8H2,1-5H3. The van der Waals surface area contributed by atoms with Gasteiger partial charge in [0.1, 0.15) is 0 Å². The second-order valence-electron chi connectivity index (χ2n) is 4.92. The summed E-state index contributed by atoms with van der Waals surface area (Å²) in [4.78, 5) is 12.0. The Kier molecular flexibility index (Phi) is 5.62. The molecular weight excluding hydrogens is 226 g/mol. The van der Waals surface area contributed by atoms with Crippen molar-refractivity contribution in [2.45, 2.75) is 40.7 Å². The molecule has 0 aliphatic rings. The van der Waals surface area contributed by atoms with Crippen molar-refractivity contribution >= 4 is 15.6 Å². The van der Waals surface area contributed by atoms with Gasteiger partial charge in [0.15, 0.2) is 15.6 Å². The summed E-state index contributed by atoms with van der Waals surface area (Å²) in [6.45, 7) is 9.46. The van der Waals surface area contributed by atoms with E-state index in [9.17, 15) is 13.2 Å². The highest BCUT2D eigenvalue weighted by atomic mass is 32.2. The first kappa shape index (κ1) is 15.6. The smallest absolute Gasteiger partial charge is 0.156 e. The SMILES string of the molecule is CCNC(CS(=O)(=O)CC)C(=O)C(C)(C)C. The summed E-state index contributed by atoms with van der Waals surface area (Å²) in [6, 6.07) is -0.588. The Bertz CT molecular complexity index is 328. The molecule has 0 aromatic heterocycles. The van der Waals surface area contributed by atoms with Crippen LogP contribution in [0.1, 0.15) is 34.6 Å². The number of hydrogen-bond acceptors (Lipinski definition) is 4. The molecule has 0 aromatic carbocycles. The van der Waals surface area contributed by atoms with E-state index in [1.54, 1.807) is 27.7 Å². The lowest BCUT2D eigenvalue weighted by atomic mass is 9.87. The number of nitrogens with one attached hydrogen (secondary N) is 1. The molecule has 16 heavy (non-hydrogen) atoms. The zero-order valence-corrected chi connectivity index (χ0v) is 11.6. The predicted molar refractivity (Wildman–Crippen MR) is 66.3 cm³/mol. The second kappa shape index (κ2) is 5.77. The lowest BCUT2D eigenvalue weighted by Crippen LogP contribution is -2.47. The van der Waals surface area contributed by atoms with Crippen LogP contribution in [-0.4, -0.2) is 38.3 Å². The van der Waals surface area contributed by atoms with Gasteiger partial charge < -0.3 is 5.32 Å². The van der Waals surface area contributed by atoms with Crippen LogP contribution in [0.2, 0.25) is 0 Å². The molecule has 0 aliphatic carbocycles. The molecule has 0 aromatic rings. The first-order valence-electron chi connectivity index (χ1n) is 5.62. The number of rotatable bonds is 6. The first-order valence-corrected chi connectivity index (χ1v) is 7.44. The third kappa shape index (κ3) is 5.07. The molecule has 0 spiro atoms. The van der Waals surface area contributed by atoms with Crippen molar-refractivity contribution in [3.8, 4) is 0 Å². The number of hydrogen-bond donors (Lipinski definition) is 1. The Balaban J connectivity index is 4.83. The van der Waals surface area contributed by atoms with Crippen LogP contribution < -0.4 is 5.32 Å². The van der Waals surface area contributed by atoms with E-state index in [1.165, 1.54) is 0 Å². The number of sulfone groups is 1. The van der Waals surface area contributed by atoms with Crippen LogP contribution in [-0.2, 0) is 14.6 Å². The van der Waals surface area contributed by atoms with Crippen molar-refractivity contribution in [1.82, 2.24) is 5.32 Å². The monoisotopic (exact) mass is 249 g/mol. The van der Waals surface area contributed by atoms with Gasteiger partial charge in [0, 0.05) is 11.2 Å². The van der Waals surface area contributed by atoms with E-state index in [0.29, 0.717) is 6.54 Å². The average molecular weight is 249 g/mol. The van der Waals surface area contributed by atoms with Crippen LogP contribution in [0, 0.1) is 5.41 Å². The lowest BCUT2D eigenvalue weighted by molar-refractivity contribution is -0.127. The molecule has 1 N–H and O–H groups in total. The van der Waals surface area contributed by atoms with Crippen LogP contribution in [0.4, 0.5) is 0 Å². The minimum absolute atomic E-state index is 0.0497. The Morgan fingerprint density at radius 2 is 1.75 bits per heavy atom. The van der Waals surface area contributed by atoms with Gasteiger partial charge in [-0.05, 0) is 6.54 Å². The Morgan fingerprint density at radius 3 is 2.06 bits per heavy atom. The van der Waals surface area contributed by atoms with Crippen molar-refractivity contribution in [3.63, 3.8) is 0 Å². The van der Waals surface area contributed by atoms with E-state index in [2.05, 4.69) is 5.32 Å². The van der Waals surface area contributed by atoms with Crippen molar-refractivity contribution in [2.75, 3.05) is 18.1 Å². The quantitative estimate of drug-likeness (QED) is 0.763. The van der Waals surface area contributed by atoms with Crippen molar-refractivity contribution in [1.29, 1.82) is 0 Å². The summed E-state index contributed by atoms with van der Waals surface area (Å²) in [7, 11) is -3.13. The van der Waals surface area contributed by atoms with E-state index in [4.69, 9.17) is 0 Å². The Labute approximate surface area is 98.7 Å². The molecule has 4 nitrogen and oxygen atoms in total. The van der Waals surface area contributed by atoms with E-state index in [0.717, 1.165) is 0 Å². The van der Waals surface area contributed by atoms with Crippen LogP contribution in [0.5, 0.6) is 0 Å². The fraction of sp³-hybridized carbons (Fsp3) is 0.909. The molecule has 0 bridgehead atoms. The van der Waals surface area contributed by atoms with Gasteiger partial charge >= 0.3 is 0 Å². The fourth-order valence-corrected chi connectivity index (χ4v) is 2.38. The van der Waals surface area contributed by atoms with E-state index in [-0.39, 0.29) is 17.3 Å². The highest BCUT2D eigenvalue weighted by molar-refractivity contribution is 7.91. The van der Waals surface area contributed by atoms with Crippen molar-refractivity contribution in [2.24, 2.45) is 5.41 Å². The zero-order valence-electron chi connectivity index (χ0n) is 10.8. The topological polar surface area (TPSA) is 63.2 Å². The minimum atomic E-state index is -3.13. The molecule has 5 heteroatoms. The highest BCUT2D eigenvalue weighted by Gasteiger charge is 2.31. The molecule has 96 valence electrons. The summed E-state index contributed by atoms with van der Waals surface area (Å²) in [5.74, 6) is -0.0777. The van der Waals surface area contributed by atoms with Crippen LogP contribution in [0.25, 0.3) is 0 Å². The van der Waals surface area contributed by atoms with Gasteiger partial charge in [-0.15, -0.1) is 0 Å². The predicted octanol–water partition coefficient (Wildman–Crippen LogP) is 1.01. The van der Waals surface area contributed by atoms with Crippen molar-refractivity contribution < 1.29 is 13.2 Å². The number of likely N-dealkylation sites (N-methyl/N-ethyl adjacent to an activating group) is 1. The summed E-state index contributed by atoms with van der Waals surface area (Å²) < 4.78 is 23.0. The third-order valence-corrected chi connectivity index (χ3v) is 4.09. The van der Waals surface area contributed by atoms with Gasteiger partial charge in [-0.1, -0.05) is 34.6 Å². The van der Waals surface area contributed by atoms with Crippen LogP contribution in [0.3, 0.4) is 0 Å². The molecule has 0 rings (SSSR count). The normalized spacial score (nSPS) is 14.8. The largest absolute Gasteiger partial charge is 0.307 e. The van der Waals surface area contributed by atoms with Gasteiger partial charge in [0.05, 0.1) is 11.8 Å². The molecule has 0 aliphatic heterocycles. The van der Waals surface area contributed by atoms with Gasteiger partial charge in [-0.25, -0.2) is 8.42 Å².